The van der Waals surface area contributed by atoms with E-state index < -0.39 is 12.6 Å². The first-order valence-corrected chi connectivity index (χ1v) is 4.27. The molecule has 0 radical (unpaired) electrons. The molecule has 1 aromatic carbocycles. The third kappa shape index (κ3) is 4.41. The number of hydrogen-bond donors (Lipinski definition) is 0. The number of hydrogen-bond acceptors (Lipinski definition) is 1. The molecule has 15 heavy (non-hydrogen) atoms. The van der Waals surface area contributed by atoms with Crippen LogP contribution in [-0.4, -0.2) is 12.8 Å². The van der Waals surface area contributed by atoms with Gasteiger partial charge in [0.25, 0.3) is 0 Å². The maximum atomic E-state index is 11.8. The lowest BCUT2D eigenvalue weighted by atomic mass is 10.2. The summed E-state index contributed by atoms with van der Waals surface area (Å²) in [5.74, 6) is 2.79. The van der Waals surface area contributed by atoms with E-state index in [1.165, 1.54) is 0 Å². The smallest absolute Gasteiger partial charge is 0.392 e. The van der Waals surface area contributed by atoms with Crippen LogP contribution in [0.3, 0.4) is 0 Å². The molecule has 0 aromatic heterocycles. The van der Waals surface area contributed by atoms with Crippen LogP contribution >= 0.6 is 0 Å². The molecule has 0 amide bonds. The summed E-state index contributed by atoms with van der Waals surface area (Å²) in [7, 11) is 0. The Morgan fingerprint density at radius 2 is 1.80 bits per heavy atom. The Hall–Kier alpha value is -1.63. The standard InChI is InChI=1S/C11H9F3O/c1-2-9-3-5-10(6-4-9)15-8-7-11(12,13)14/h1,3-6H,7-8H2. The summed E-state index contributed by atoms with van der Waals surface area (Å²) in [6.07, 6.45) is -0.0187. The van der Waals surface area contributed by atoms with E-state index in [2.05, 4.69) is 5.92 Å². The van der Waals surface area contributed by atoms with E-state index in [9.17, 15) is 13.2 Å². The largest absolute Gasteiger partial charge is 0.493 e. The molecule has 0 fully saturated rings. The topological polar surface area (TPSA) is 9.23 Å². The van der Waals surface area contributed by atoms with Gasteiger partial charge in [-0.3, -0.25) is 0 Å². The summed E-state index contributed by atoms with van der Waals surface area (Å²) in [5, 5.41) is 0. The molecule has 0 N–H and O–H groups in total. The molecule has 0 atom stereocenters. The molecule has 0 saturated heterocycles. The Bertz CT molecular complexity index is 346. The van der Waals surface area contributed by atoms with Crippen LogP contribution < -0.4 is 4.74 Å². The van der Waals surface area contributed by atoms with Gasteiger partial charge in [0.1, 0.15) is 5.75 Å². The number of alkyl halides is 3. The Balaban J connectivity index is 2.42. The van der Waals surface area contributed by atoms with Crippen LogP contribution in [0.5, 0.6) is 5.75 Å². The molecular formula is C11H9F3O. The van der Waals surface area contributed by atoms with Gasteiger partial charge in [0.05, 0.1) is 13.0 Å². The van der Waals surface area contributed by atoms with Crippen LogP contribution in [0, 0.1) is 12.3 Å². The van der Waals surface area contributed by atoms with Crippen molar-refractivity contribution in [3.63, 3.8) is 0 Å². The SMILES string of the molecule is C#Cc1ccc(OCCC(F)(F)F)cc1. The summed E-state index contributed by atoms with van der Waals surface area (Å²) in [6.45, 7) is -0.376. The van der Waals surface area contributed by atoms with Gasteiger partial charge in [-0.15, -0.1) is 6.42 Å². The fourth-order valence-electron chi connectivity index (χ4n) is 0.932. The Morgan fingerprint density at radius 3 is 2.27 bits per heavy atom. The normalized spacial score (nSPS) is 10.8. The van der Waals surface area contributed by atoms with Crippen molar-refractivity contribution < 1.29 is 17.9 Å². The predicted molar refractivity (Wildman–Crippen MR) is 50.5 cm³/mol. The molecule has 80 valence electrons. The fourth-order valence-corrected chi connectivity index (χ4v) is 0.932. The zero-order chi connectivity index (χ0) is 11.3. The van der Waals surface area contributed by atoms with Gasteiger partial charge in [-0.1, -0.05) is 5.92 Å². The predicted octanol–water partition coefficient (Wildman–Crippen LogP) is 3.00. The quantitative estimate of drug-likeness (QED) is 0.703. The van der Waals surface area contributed by atoms with E-state index in [0.717, 1.165) is 0 Å². The first kappa shape index (κ1) is 11.4. The number of halogens is 3. The van der Waals surface area contributed by atoms with Gasteiger partial charge < -0.3 is 4.74 Å². The minimum absolute atomic E-state index is 0.376. The lowest BCUT2D eigenvalue weighted by molar-refractivity contribution is -0.139. The van der Waals surface area contributed by atoms with Crippen LogP contribution in [0.1, 0.15) is 12.0 Å². The molecule has 0 saturated carbocycles. The van der Waals surface area contributed by atoms with Crippen molar-refractivity contribution in [1.29, 1.82) is 0 Å². The first-order chi connectivity index (χ1) is 7.01. The van der Waals surface area contributed by atoms with Gasteiger partial charge in [0.15, 0.2) is 0 Å². The Kier molecular flexibility index (Phi) is 3.62. The second-order valence-corrected chi connectivity index (χ2v) is 2.88. The number of benzene rings is 1. The molecular weight excluding hydrogens is 205 g/mol. The minimum atomic E-state index is -4.18. The number of ether oxygens (including phenoxy) is 1. The van der Waals surface area contributed by atoms with Crippen molar-refractivity contribution in [2.75, 3.05) is 6.61 Å². The van der Waals surface area contributed by atoms with Gasteiger partial charge in [-0.25, -0.2) is 0 Å². The fraction of sp³-hybridized carbons (Fsp3) is 0.273. The van der Waals surface area contributed by atoms with Crippen LogP contribution in [0.15, 0.2) is 24.3 Å². The molecule has 0 unspecified atom stereocenters. The summed E-state index contributed by atoms with van der Waals surface area (Å²) >= 11 is 0. The van der Waals surface area contributed by atoms with Crippen molar-refractivity contribution in [2.45, 2.75) is 12.6 Å². The van der Waals surface area contributed by atoms with Gasteiger partial charge in [0.2, 0.25) is 0 Å². The maximum Gasteiger partial charge on any atom is 0.392 e. The third-order valence-electron chi connectivity index (χ3n) is 1.68. The van der Waals surface area contributed by atoms with Crippen LogP contribution in [-0.2, 0) is 0 Å². The van der Waals surface area contributed by atoms with Crippen molar-refractivity contribution in [1.82, 2.24) is 0 Å². The minimum Gasteiger partial charge on any atom is -0.493 e. The van der Waals surface area contributed by atoms with E-state index in [1.54, 1.807) is 24.3 Å². The second-order valence-electron chi connectivity index (χ2n) is 2.88. The highest BCUT2D eigenvalue weighted by Crippen LogP contribution is 2.20. The van der Waals surface area contributed by atoms with Crippen molar-refractivity contribution in [2.24, 2.45) is 0 Å². The molecule has 0 aliphatic carbocycles. The highest BCUT2D eigenvalue weighted by atomic mass is 19.4. The third-order valence-corrected chi connectivity index (χ3v) is 1.68. The molecule has 0 aliphatic heterocycles. The number of terminal acetylenes is 1. The van der Waals surface area contributed by atoms with Crippen molar-refractivity contribution in [3.8, 4) is 18.1 Å². The van der Waals surface area contributed by atoms with E-state index in [0.29, 0.717) is 11.3 Å². The molecule has 1 aromatic rings. The van der Waals surface area contributed by atoms with Gasteiger partial charge in [-0.05, 0) is 24.3 Å². The lowest BCUT2D eigenvalue weighted by Gasteiger charge is -2.08. The van der Waals surface area contributed by atoms with Crippen molar-refractivity contribution in [3.05, 3.63) is 29.8 Å². The van der Waals surface area contributed by atoms with E-state index >= 15 is 0 Å². The van der Waals surface area contributed by atoms with Crippen LogP contribution in [0.4, 0.5) is 13.2 Å². The summed E-state index contributed by atoms with van der Waals surface area (Å²) in [5.41, 5.74) is 0.665. The molecule has 0 aliphatic rings. The van der Waals surface area contributed by atoms with E-state index in [4.69, 9.17) is 11.2 Å². The first-order valence-electron chi connectivity index (χ1n) is 4.27. The summed E-state index contributed by atoms with van der Waals surface area (Å²) in [6, 6.07) is 6.32. The zero-order valence-corrected chi connectivity index (χ0v) is 7.84. The molecule has 4 heteroatoms. The van der Waals surface area contributed by atoms with E-state index in [-0.39, 0.29) is 6.61 Å². The second kappa shape index (κ2) is 4.74. The molecule has 1 rings (SSSR count). The average Bonchev–Trinajstić information content (AvgIpc) is 2.17. The van der Waals surface area contributed by atoms with E-state index in [1.807, 2.05) is 0 Å². The summed E-state index contributed by atoms with van der Waals surface area (Å²) < 4.78 is 40.2. The highest BCUT2D eigenvalue weighted by Gasteiger charge is 2.26. The monoisotopic (exact) mass is 214 g/mol. The molecule has 0 heterocycles. The van der Waals surface area contributed by atoms with Gasteiger partial charge in [-0.2, -0.15) is 13.2 Å². The molecule has 0 spiro atoms. The lowest BCUT2D eigenvalue weighted by Crippen LogP contribution is -2.12. The molecule has 1 nitrogen and oxygen atoms in total. The van der Waals surface area contributed by atoms with Crippen LogP contribution in [0.25, 0.3) is 0 Å². The highest BCUT2D eigenvalue weighted by molar-refractivity contribution is 5.36. The Morgan fingerprint density at radius 1 is 1.20 bits per heavy atom. The maximum absolute atomic E-state index is 11.8. The summed E-state index contributed by atoms with van der Waals surface area (Å²) in [4.78, 5) is 0. The zero-order valence-electron chi connectivity index (χ0n) is 7.84. The molecule has 0 bridgehead atoms. The van der Waals surface area contributed by atoms with Gasteiger partial charge in [0, 0.05) is 5.56 Å². The van der Waals surface area contributed by atoms with Crippen molar-refractivity contribution >= 4 is 0 Å². The Labute approximate surface area is 85.9 Å². The van der Waals surface area contributed by atoms with Gasteiger partial charge >= 0.3 is 6.18 Å². The number of rotatable bonds is 3. The van der Waals surface area contributed by atoms with Crippen LogP contribution in [0.2, 0.25) is 0 Å². The average molecular weight is 214 g/mol.